The molecule has 1 saturated heterocycles. The van der Waals surface area contributed by atoms with Crippen LogP contribution in [0.4, 0.5) is 11.4 Å². The van der Waals surface area contributed by atoms with Crippen LogP contribution < -0.4 is 10.4 Å². The van der Waals surface area contributed by atoms with E-state index in [9.17, 15) is 5.21 Å². The van der Waals surface area contributed by atoms with Gasteiger partial charge in [0.05, 0.1) is 11.4 Å². The molecule has 4 heteroatoms. The third-order valence-electron chi connectivity index (χ3n) is 3.93. The first-order valence-corrected chi connectivity index (χ1v) is 6.98. The summed E-state index contributed by atoms with van der Waals surface area (Å²) >= 11 is 0. The predicted octanol–water partition coefficient (Wildman–Crippen LogP) is 3.23. The normalized spacial score (nSPS) is 16.7. The van der Waals surface area contributed by atoms with Crippen molar-refractivity contribution >= 4 is 11.4 Å². The Bertz CT molecular complexity index is 415. The van der Waals surface area contributed by atoms with E-state index in [0.717, 1.165) is 37.4 Å². The molecule has 0 bridgehead atoms. The van der Waals surface area contributed by atoms with Crippen LogP contribution in [0.3, 0.4) is 0 Å². The molecule has 0 unspecified atom stereocenters. The van der Waals surface area contributed by atoms with Crippen LogP contribution in [0.25, 0.3) is 0 Å². The molecule has 106 valence electrons. The minimum Gasteiger partial charge on any atom is -0.381 e. The Labute approximate surface area is 115 Å². The summed E-state index contributed by atoms with van der Waals surface area (Å²) in [5.41, 5.74) is 5.41. The van der Waals surface area contributed by atoms with Crippen LogP contribution in [-0.4, -0.2) is 31.5 Å². The molecule has 1 aliphatic heterocycles. The van der Waals surface area contributed by atoms with E-state index < -0.39 is 0 Å². The molecule has 4 nitrogen and oxygen atoms in total. The van der Waals surface area contributed by atoms with Crippen LogP contribution in [0.5, 0.6) is 0 Å². The van der Waals surface area contributed by atoms with Crippen LogP contribution >= 0.6 is 0 Å². The molecule has 0 radical (unpaired) electrons. The molecule has 2 N–H and O–H groups in total. The molecule has 0 saturated carbocycles. The van der Waals surface area contributed by atoms with Gasteiger partial charge in [0.25, 0.3) is 0 Å². The highest BCUT2D eigenvalue weighted by Crippen LogP contribution is 2.31. The summed E-state index contributed by atoms with van der Waals surface area (Å²) in [5.74, 6) is 0.481. The van der Waals surface area contributed by atoms with Gasteiger partial charge >= 0.3 is 0 Å². The quantitative estimate of drug-likeness (QED) is 0.820. The second-order valence-corrected chi connectivity index (χ2v) is 5.50. The van der Waals surface area contributed by atoms with Crippen LogP contribution in [0.15, 0.2) is 18.2 Å². The molecule has 0 aliphatic carbocycles. The molecule has 0 spiro atoms. The van der Waals surface area contributed by atoms with Crippen molar-refractivity contribution in [1.29, 1.82) is 0 Å². The summed E-state index contributed by atoms with van der Waals surface area (Å²) in [4.78, 5) is 2.26. The minimum absolute atomic E-state index is 0.475. The Morgan fingerprint density at radius 3 is 2.58 bits per heavy atom. The highest BCUT2D eigenvalue weighted by molar-refractivity contribution is 5.70. The Balaban J connectivity index is 2.27. The number of hydrogen-bond donors (Lipinski definition) is 2. The average Bonchev–Trinajstić information content (AvgIpc) is 2.46. The summed E-state index contributed by atoms with van der Waals surface area (Å²) < 4.78 is 5.41. The number of hydrogen-bond acceptors (Lipinski definition) is 4. The Kier molecular flexibility index (Phi) is 4.66. The van der Waals surface area contributed by atoms with Gasteiger partial charge < -0.3 is 9.64 Å². The van der Waals surface area contributed by atoms with Gasteiger partial charge in [0.15, 0.2) is 0 Å². The van der Waals surface area contributed by atoms with Crippen molar-refractivity contribution in [1.82, 2.24) is 0 Å². The van der Waals surface area contributed by atoms with Crippen LogP contribution in [0.1, 0.15) is 38.2 Å². The van der Waals surface area contributed by atoms with Crippen molar-refractivity contribution < 1.29 is 9.94 Å². The zero-order valence-corrected chi connectivity index (χ0v) is 12.0. The van der Waals surface area contributed by atoms with E-state index in [1.807, 2.05) is 6.07 Å². The monoisotopic (exact) mass is 264 g/mol. The second kappa shape index (κ2) is 6.26. The molecule has 1 heterocycles. The van der Waals surface area contributed by atoms with E-state index >= 15 is 0 Å². The van der Waals surface area contributed by atoms with Crippen molar-refractivity contribution in [3.8, 4) is 0 Å². The lowest BCUT2D eigenvalue weighted by molar-refractivity contribution is 0.0855. The Morgan fingerprint density at radius 1 is 1.32 bits per heavy atom. The van der Waals surface area contributed by atoms with Crippen LogP contribution in [0, 0.1) is 0 Å². The van der Waals surface area contributed by atoms with Gasteiger partial charge in [-0.1, -0.05) is 19.9 Å². The predicted molar refractivity (Wildman–Crippen MR) is 78.2 cm³/mol. The summed E-state index contributed by atoms with van der Waals surface area (Å²) in [6.07, 6.45) is 2.07. The fourth-order valence-corrected chi connectivity index (χ4v) is 2.56. The second-order valence-electron chi connectivity index (χ2n) is 5.50. The van der Waals surface area contributed by atoms with Gasteiger partial charge in [-0.3, -0.25) is 10.7 Å². The molecule has 0 amide bonds. The van der Waals surface area contributed by atoms with Gasteiger partial charge in [-0.05, 0) is 36.5 Å². The summed E-state index contributed by atoms with van der Waals surface area (Å²) in [7, 11) is 2.09. The molecule has 1 aromatic carbocycles. The minimum atomic E-state index is 0.475. The Hall–Kier alpha value is -1.26. The maximum atomic E-state index is 9.29. The van der Waals surface area contributed by atoms with Gasteiger partial charge in [0.1, 0.15) is 0 Å². The summed E-state index contributed by atoms with van der Waals surface area (Å²) in [6.45, 7) is 6.00. The van der Waals surface area contributed by atoms with E-state index in [0.29, 0.717) is 12.0 Å². The number of ether oxygens (including phenoxy) is 1. The van der Waals surface area contributed by atoms with E-state index in [1.54, 1.807) is 0 Å². The van der Waals surface area contributed by atoms with Gasteiger partial charge in [-0.15, -0.1) is 0 Å². The van der Waals surface area contributed by atoms with Gasteiger partial charge in [0.2, 0.25) is 0 Å². The summed E-state index contributed by atoms with van der Waals surface area (Å²) in [6, 6.07) is 6.65. The van der Waals surface area contributed by atoms with Crippen LogP contribution in [-0.2, 0) is 4.74 Å². The SMILES string of the molecule is CC(C)c1ccc(NO)c(N(C)C2CCOCC2)c1. The van der Waals surface area contributed by atoms with Crippen molar-refractivity contribution in [2.45, 2.75) is 38.6 Å². The molecular formula is C15H24N2O2. The van der Waals surface area contributed by atoms with Gasteiger partial charge in [-0.2, -0.15) is 0 Å². The zero-order chi connectivity index (χ0) is 13.8. The molecule has 0 atom stereocenters. The van der Waals surface area contributed by atoms with Crippen molar-refractivity contribution in [3.63, 3.8) is 0 Å². The maximum Gasteiger partial charge on any atom is 0.0835 e. The molecule has 2 rings (SSSR count). The van der Waals surface area contributed by atoms with E-state index in [4.69, 9.17) is 4.74 Å². The largest absolute Gasteiger partial charge is 0.381 e. The van der Waals surface area contributed by atoms with Crippen molar-refractivity contribution in [3.05, 3.63) is 23.8 Å². The number of anilines is 2. The molecule has 19 heavy (non-hydrogen) atoms. The summed E-state index contributed by atoms with van der Waals surface area (Å²) in [5, 5.41) is 9.29. The molecule has 1 aromatic rings. The third kappa shape index (κ3) is 3.19. The van der Waals surface area contributed by atoms with E-state index in [1.165, 1.54) is 5.56 Å². The first kappa shape index (κ1) is 14.2. The highest BCUT2D eigenvalue weighted by Gasteiger charge is 2.21. The van der Waals surface area contributed by atoms with Crippen molar-refractivity contribution in [2.24, 2.45) is 0 Å². The number of nitrogens with one attached hydrogen (secondary N) is 1. The van der Waals surface area contributed by atoms with Crippen molar-refractivity contribution in [2.75, 3.05) is 30.6 Å². The number of nitrogens with zero attached hydrogens (tertiary/aromatic N) is 1. The first-order valence-electron chi connectivity index (χ1n) is 6.98. The Morgan fingerprint density at radius 2 is 2.00 bits per heavy atom. The number of benzene rings is 1. The lowest BCUT2D eigenvalue weighted by Crippen LogP contribution is -2.37. The number of rotatable bonds is 4. The fourth-order valence-electron chi connectivity index (χ4n) is 2.56. The lowest BCUT2D eigenvalue weighted by atomic mass is 10.0. The topological polar surface area (TPSA) is 44.7 Å². The third-order valence-corrected chi connectivity index (χ3v) is 3.93. The molecular weight excluding hydrogens is 240 g/mol. The van der Waals surface area contributed by atoms with E-state index in [2.05, 4.69) is 43.4 Å². The van der Waals surface area contributed by atoms with Gasteiger partial charge in [0, 0.05) is 26.3 Å². The lowest BCUT2D eigenvalue weighted by Gasteiger charge is -2.34. The maximum absolute atomic E-state index is 9.29. The zero-order valence-electron chi connectivity index (χ0n) is 12.0. The fraction of sp³-hybridized carbons (Fsp3) is 0.600. The standard InChI is InChI=1S/C15H24N2O2/c1-11(2)12-4-5-14(16-18)15(10-12)17(3)13-6-8-19-9-7-13/h4-5,10-11,13,16,18H,6-9H2,1-3H3. The van der Waals surface area contributed by atoms with Crippen LogP contribution in [0.2, 0.25) is 0 Å². The highest BCUT2D eigenvalue weighted by atomic mass is 16.5. The van der Waals surface area contributed by atoms with E-state index in [-0.39, 0.29) is 0 Å². The smallest absolute Gasteiger partial charge is 0.0835 e. The first-order chi connectivity index (χ1) is 9.13. The molecule has 0 aromatic heterocycles. The molecule has 1 aliphatic rings. The molecule has 1 fully saturated rings. The van der Waals surface area contributed by atoms with Gasteiger partial charge in [-0.25, -0.2) is 0 Å². The average molecular weight is 264 g/mol.